The number of piperazine rings is 1. The van der Waals surface area contributed by atoms with Crippen molar-refractivity contribution < 1.29 is 0 Å². The molecule has 1 N–H and O–H groups in total. The second-order valence-corrected chi connectivity index (χ2v) is 5.48. The fraction of sp³-hybridized carbons (Fsp3) is 0.438. The van der Waals surface area contributed by atoms with Crippen molar-refractivity contribution >= 4 is 12.4 Å². The summed E-state index contributed by atoms with van der Waals surface area (Å²) in [6.07, 6.45) is 3.99. The molecule has 1 aromatic carbocycles. The van der Waals surface area contributed by atoms with Crippen LogP contribution in [0.15, 0.2) is 42.7 Å². The van der Waals surface area contributed by atoms with Crippen LogP contribution >= 0.6 is 12.4 Å². The van der Waals surface area contributed by atoms with Gasteiger partial charge in [0, 0.05) is 44.6 Å². The Morgan fingerprint density at radius 1 is 1.24 bits per heavy atom. The van der Waals surface area contributed by atoms with Crippen LogP contribution in [0.2, 0.25) is 0 Å². The van der Waals surface area contributed by atoms with Crippen LogP contribution in [0.3, 0.4) is 0 Å². The maximum absolute atomic E-state index is 4.54. The number of hydrogen-bond donors (Lipinski definition) is 1. The molecule has 1 fully saturated rings. The van der Waals surface area contributed by atoms with Gasteiger partial charge in [0.1, 0.15) is 5.82 Å². The summed E-state index contributed by atoms with van der Waals surface area (Å²) >= 11 is 0. The Kier molecular flexibility index (Phi) is 5.79. The van der Waals surface area contributed by atoms with E-state index in [-0.39, 0.29) is 12.4 Å². The topological polar surface area (TPSA) is 33.1 Å². The quantitative estimate of drug-likeness (QED) is 0.939. The lowest BCUT2D eigenvalue weighted by atomic mass is 10.2. The Labute approximate surface area is 132 Å². The average molecular weight is 307 g/mol. The number of aromatic nitrogens is 2. The monoisotopic (exact) mass is 306 g/mol. The van der Waals surface area contributed by atoms with Gasteiger partial charge >= 0.3 is 0 Å². The summed E-state index contributed by atoms with van der Waals surface area (Å²) in [6, 6.07) is 11.1. The normalized spacial score (nSPS) is 19.2. The average Bonchev–Trinajstić information content (AvgIpc) is 2.90. The summed E-state index contributed by atoms with van der Waals surface area (Å²) in [7, 11) is 0. The number of nitrogens with zero attached hydrogens (tertiary/aromatic N) is 3. The zero-order chi connectivity index (χ0) is 13.8. The van der Waals surface area contributed by atoms with Gasteiger partial charge < -0.3 is 9.88 Å². The highest BCUT2D eigenvalue weighted by atomic mass is 35.5. The van der Waals surface area contributed by atoms with E-state index in [1.807, 2.05) is 6.20 Å². The fourth-order valence-corrected chi connectivity index (χ4v) is 2.72. The summed E-state index contributed by atoms with van der Waals surface area (Å²) in [5.74, 6) is 1.16. The molecule has 1 aliphatic rings. The third-order valence-corrected chi connectivity index (χ3v) is 3.98. The van der Waals surface area contributed by atoms with E-state index in [1.165, 1.54) is 5.56 Å². The first-order chi connectivity index (χ1) is 9.83. The van der Waals surface area contributed by atoms with Gasteiger partial charge in [0.2, 0.25) is 0 Å². The molecule has 2 aromatic rings. The molecule has 0 spiro atoms. The van der Waals surface area contributed by atoms with E-state index in [9.17, 15) is 0 Å². The number of nitrogens with one attached hydrogen (secondary N) is 1. The minimum Gasteiger partial charge on any atom is -0.329 e. The van der Waals surface area contributed by atoms with Crippen molar-refractivity contribution in [1.29, 1.82) is 0 Å². The molecule has 0 unspecified atom stereocenters. The van der Waals surface area contributed by atoms with Gasteiger partial charge in [-0.2, -0.15) is 0 Å². The summed E-state index contributed by atoms with van der Waals surface area (Å²) in [5.41, 5.74) is 1.32. The summed E-state index contributed by atoms with van der Waals surface area (Å²) < 4.78 is 2.25. The molecule has 0 radical (unpaired) electrons. The Morgan fingerprint density at radius 3 is 2.81 bits per heavy atom. The van der Waals surface area contributed by atoms with Gasteiger partial charge in [0.15, 0.2) is 0 Å². The molecular weight excluding hydrogens is 284 g/mol. The SMILES string of the molecule is C[C@H]1CNCCN1Cc1nccn1Cc1ccccc1.Cl. The van der Waals surface area contributed by atoms with E-state index in [2.05, 4.69) is 63.2 Å². The maximum Gasteiger partial charge on any atom is 0.123 e. The Bertz CT molecular complexity index is 540. The highest BCUT2D eigenvalue weighted by molar-refractivity contribution is 5.85. The van der Waals surface area contributed by atoms with Crippen molar-refractivity contribution in [3.8, 4) is 0 Å². The van der Waals surface area contributed by atoms with E-state index < -0.39 is 0 Å². The number of hydrogen-bond acceptors (Lipinski definition) is 3. The van der Waals surface area contributed by atoms with E-state index in [1.54, 1.807) is 0 Å². The number of benzene rings is 1. The summed E-state index contributed by atoms with van der Waals surface area (Å²) in [4.78, 5) is 7.04. The van der Waals surface area contributed by atoms with Crippen molar-refractivity contribution in [3.63, 3.8) is 0 Å². The lowest BCUT2D eigenvalue weighted by Gasteiger charge is -2.33. The van der Waals surface area contributed by atoms with Crippen molar-refractivity contribution in [1.82, 2.24) is 19.8 Å². The molecule has 0 saturated carbocycles. The molecule has 3 rings (SSSR count). The molecule has 1 atom stereocenters. The van der Waals surface area contributed by atoms with Crippen molar-refractivity contribution in [2.24, 2.45) is 0 Å². The second-order valence-electron chi connectivity index (χ2n) is 5.48. The first kappa shape index (κ1) is 16.0. The number of rotatable bonds is 4. The predicted molar refractivity (Wildman–Crippen MR) is 87.8 cm³/mol. The van der Waals surface area contributed by atoms with Crippen LogP contribution in [-0.2, 0) is 13.1 Å². The van der Waals surface area contributed by atoms with Crippen LogP contribution in [0.1, 0.15) is 18.3 Å². The molecular formula is C16H23ClN4. The molecule has 0 amide bonds. The molecule has 1 aliphatic heterocycles. The Balaban J connectivity index is 0.00000161. The molecule has 1 aromatic heterocycles. The molecule has 2 heterocycles. The zero-order valence-electron chi connectivity index (χ0n) is 12.4. The standard InChI is InChI=1S/C16H22N4.ClH/c1-14-11-17-7-9-19(14)13-16-18-8-10-20(16)12-15-5-3-2-4-6-15;/h2-6,8,10,14,17H,7,9,11-13H2,1H3;1H/t14-;/m0./s1. The minimum atomic E-state index is 0. The highest BCUT2D eigenvalue weighted by Crippen LogP contribution is 2.11. The van der Waals surface area contributed by atoms with Gasteiger partial charge in [-0.1, -0.05) is 30.3 Å². The van der Waals surface area contributed by atoms with E-state index in [0.29, 0.717) is 6.04 Å². The van der Waals surface area contributed by atoms with E-state index >= 15 is 0 Å². The van der Waals surface area contributed by atoms with Crippen molar-refractivity contribution in [2.45, 2.75) is 26.1 Å². The number of imidazole rings is 1. The minimum absolute atomic E-state index is 0. The number of halogens is 1. The second kappa shape index (κ2) is 7.59. The van der Waals surface area contributed by atoms with Crippen LogP contribution in [0.4, 0.5) is 0 Å². The van der Waals surface area contributed by atoms with Gasteiger partial charge in [-0.3, -0.25) is 4.90 Å². The van der Waals surface area contributed by atoms with Gasteiger partial charge in [-0.25, -0.2) is 4.98 Å². The van der Waals surface area contributed by atoms with E-state index in [0.717, 1.165) is 38.5 Å². The van der Waals surface area contributed by atoms with Crippen LogP contribution in [0.25, 0.3) is 0 Å². The van der Waals surface area contributed by atoms with Gasteiger partial charge in [0.05, 0.1) is 6.54 Å². The molecule has 114 valence electrons. The Hall–Kier alpha value is -1.36. The van der Waals surface area contributed by atoms with Gasteiger partial charge in [-0.05, 0) is 12.5 Å². The predicted octanol–water partition coefficient (Wildman–Crippen LogP) is 2.15. The Morgan fingerprint density at radius 2 is 2.05 bits per heavy atom. The van der Waals surface area contributed by atoms with Crippen molar-refractivity contribution in [2.75, 3.05) is 19.6 Å². The van der Waals surface area contributed by atoms with Crippen LogP contribution in [0.5, 0.6) is 0 Å². The van der Waals surface area contributed by atoms with E-state index in [4.69, 9.17) is 0 Å². The summed E-state index contributed by atoms with van der Waals surface area (Å²) in [5, 5.41) is 3.43. The molecule has 21 heavy (non-hydrogen) atoms. The summed E-state index contributed by atoms with van der Waals surface area (Å²) in [6.45, 7) is 7.35. The molecule has 4 nitrogen and oxygen atoms in total. The van der Waals surface area contributed by atoms with Gasteiger partial charge in [-0.15, -0.1) is 12.4 Å². The van der Waals surface area contributed by atoms with Crippen LogP contribution in [-0.4, -0.2) is 40.1 Å². The molecule has 5 heteroatoms. The van der Waals surface area contributed by atoms with Crippen LogP contribution < -0.4 is 5.32 Å². The fourth-order valence-electron chi connectivity index (χ4n) is 2.72. The molecule has 1 saturated heterocycles. The lowest BCUT2D eigenvalue weighted by Crippen LogP contribution is -2.49. The molecule has 0 bridgehead atoms. The highest BCUT2D eigenvalue weighted by Gasteiger charge is 2.19. The first-order valence-corrected chi connectivity index (χ1v) is 7.31. The van der Waals surface area contributed by atoms with Crippen molar-refractivity contribution in [3.05, 3.63) is 54.1 Å². The van der Waals surface area contributed by atoms with Gasteiger partial charge in [0.25, 0.3) is 0 Å². The maximum atomic E-state index is 4.54. The zero-order valence-corrected chi connectivity index (χ0v) is 13.2. The van der Waals surface area contributed by atoms with Crippen LogP contribution in [0, 0.1) is 0 Å². The molecule has 0 aliphatic carbocycles. The largest absolute Gasteiger partial charge is 0.329 e. The lowest BCUT2D eigenvalue weighted by molar-refractivity contribution is 0.160. The third kappa shape index (κ3) is 4.06. The third-order valence-electron chi connectivity index (χ3n) is 3.98. The smallest absolute Gasteiger partial charge is 0.123 e. The first-order valence-electron chi connectivity index (χ1n) is 7.31.